The van der Waals surface area contributed by atoms with Gasteiger partial charge in [0, 0.05) is 55.4 Å². The number of nitrogens with zero attached hydrogens (tertiary/aromatic N) is 4. The van der Waals surface area contributed by atoms with Gasteiger partial charge >= 0.3 is 6.18 Å². The van der Waals surface area contributed by atoms with Crippen molar-refractivity contribution < 1.29 is 22.8 Å². The maximum atomic E-state index is 12.9. The van der Waals surface area contributed by atoms with Crippen molar-refractivity contribution in [2.45, 2.75) is 12.2 Å². The van der Waals surface area contributed by atoms with Crippen molar-refractivity contribution >= 4 is 44.6 Å². The van der Waals surface area contributed by atoms with Crippen molar-refractivity contribution in [3.63, 3.8) is 0 Å². The maximum Gasteiger partial charge on any atom is 0.416 e. The summed E-state index contributed by atoms with van der Waals surface area (Å²) in [5.41, 5.74) is 1.42. The van der Waals surface area contributed by atoms with E-state index >= 15 is 0 Å². The molecular weight excluding hydrogens is 461 g/mol. The molecule has 0 unspecified atom stereocenters. The minimum atomic E-state index is -4.40. The summed E-state index contributed by atoms with van der Waals surface area (Å²) in [4.78, 5) is 35.6. The van der Waals surface area contributed by atoms with E-state index in [0.717, 1.165) is 12.1 Å². The number of thiophene rings is 1. The van der Waals surface area contributed by atoms with E-state index in [4.69, 9.17) is 0 Å². The van der Waals surface area contributed by atoms with E-state index in [9.17, 15) is 22.8 Å². The van der Waals surface area contributed by atoms with Crippen LogP contribution in [-0.4, -0.2) is 76.8 Å². The van der Waals surface area contributed by atoms with Crippen molar-refractivity contribution in [1.29, 1.82) is 0 Å². The van der Waals surface area contributed by atoms with E-state index < -0.39 is 11.7 Å². The minimum absolute atomic E-state index is 0.0465. The fraction of sp³-hybridized carbons (Fsp3) is 0.381. The van der Waals surface area contributed by atoms with Crippen LogP contribution in [0.2, 0.25) is 0 Å². The van der Waals surface area contributed by atoms with Crippen LogP contribution >= 0.6 is 22.7 Å². The molecule has 2 aliphatic rings. The highest BCUT2D eigenvalue weighted by Gasteiger charge is 2.37. The maximum absolute atomic E-state index is 12.9. The molecule has 6 nitrogen and oxygen atoms in total. The summed E-state index contributed by atoms with van der Waals surface area (Å²) in [6, 6.07) is 5.40. The van der Waals surface area contributed by atoms with Crippen LogP contribution in [-0.2, 0) is 6.18 Å². The third kappa shape index (κ3) is 4.00. The van der Waals surface area contributed by atoms with Gasteiger partial charge < -0.3 is 9.80 Å². The van der Waals surface area contributed by atoms with Crippen molar-refractivity contribution in [3.8, 4) is 0 Å². The predicted octanol–water partition coefficient (Wildman–Crippen LogP) is 3.66. The summed E-state index contributed by atoms with van der Waals surface area (Å²) in [7, 11) is 0. The Labute approximate surface area is 189 Å². The van der Waals surface area contributed by atoms with E-state index in [-0.39, 0.29) is 17.9 Å². The van der Waals surface area contributed by atoms with Gasteiger partial charge in [0.1, 0.15) is 5.69 Å². The quantitative estimate of drug-likeness (QED) is 0.574. The molecule has 5 rings (SSSR count). The normalized spacial score (nSPS) is 18.2. The zero-order valence-electron chi connectivity index (χ0n) is 16.8. The van der Waals surface area contributed by atoms with Crippen LogP contribution in [0.25, 0.3) is 10.1 Å². The largest absolute Gasteiger partial charge is 0.416 e. The lowest BCUT2D eigenvalue weighted by atomic mass is 10.1. The number of hydrogen-bond donors (Lipinski definition) is 0. The van der Waals surface area contributed by atoms with Crippen molar-refractivity contribution in [2.75, 3.05) is 39.3 Å². The molecule has 0 atom stereocenters. The molecule has 168 valence electrons. The van der Waals surface area contributed by atoms with Crippen molar-refractivity contribution in [1.82, 2.24) is 19.7 Å². The second kappa shape index (κ2) is 8.13. The number of carbonyl (C=O) groups excluding carboxylic acids is 2. The lowest BCUT2D eigenvalue weighted by Crippen LogP contribution is -2.64. The number of piperazine rings is 1. The molecule has 2 fully saturated rings. The fourth-order valence-corrected chi connectivity index (χ4v) is 5.64. The van der Waals surface area contributed by atoms with Gasteiger partial charge in [-0.25, -0.2) is 4.98 Å². The fourth-order valence-electron chi connectivity index (χ4n) is 4.10. The van der Waals surface area contributed by atoms with Gasteiger partial charge in [0.25, 0.3) is 11.8 Å². The minimum Gasteiger partial charge on any atom is -0.335 e. The molecule has 0 aliphatic carbocycles. The van der Waals surface area contributed by atoms with E-state index in [1.54, 1.807) is 26.8 Å². The molecule has 11 heteroatoms. The molecule has 2 amide bonds. The molecular formula is C21H19F3N4O2S2. The molecule has 0 spiro atoms. The molecule has 4 heterocycles. The number of fused-ring (bicyclic) bond motifs is 1. The number of halogens is 3. The third-order valence-corrected chi connectivity index (χ3v) is 7.66. The lowest BCUT2D eigenvalue weighted by molar-refractivity contribution is -0.137. The molecule has 2 aromatic heterocycles. The Morgan fingerprint density at radius 2 is 1.75 bits per heavy atom. The zero-order valence-corrected chi connectivity index (χ0v) is 18.5. The Bertz CT molecular complexity index is 1150. The van der Waals surface area contributed by atoms with Gasteiger partial charge in [-0.2, -0.15) is 13.2 Å². The van der Waals surface area contributed by atoms with Crippen LogP contribution in [0.4, 0.5) is 13.2 Å². The molecule has 3 aromatic rings. The van der Waals surface area contributed by atoms with Crippen LogP contribution in [0.1, 0.15) is 25.7 Å². The van der Waals surface area contributed by atoms with Gasteiger partial charge in [-0.3, -0.25) is 14.5 Å². The van der Waals surface area contributed by atoms with Crippen LogP contribution in [0.5, 0.6) is 0 Å². The second-order valence-corrected chi connectivity index (χ2v) is 9.73. The van der Waals surface area contributed by atoms with Gasteiger partial charge in [-0.05, 0) is 29.7 Å². The van der Waals surface area contributed by atoms with E-state index in [0.29, 0.717) is 59.9 Å². The molecule has 0 saturated carbocycles. The summed E-state index contributed by atoms with van der Waals surface area (Å²) in [6.45, 7) is 3.83. The Morgan fingerprint density at radius 3 is 2.41 bits per heavy atom. The summed E-state index contributed by atoms with van der Waals surface area (Å²) >= 11 is 2.62. The number of carbonyl (C=O) groups is 2. The number of aromatic nitrogens is 1. The molecule has 32 heavy (non-hydrogen) atoms. The zero-order chi connectivity index (χ0) is 22.5. The number of benzene rings is 1. The molecule has 2 saturated heterocycles. The number of alkyl halides is 3. The topological polar surface area (TPSA) is 56.8 Å². The first-order valence-electron chi connectivity index (χ1n) is 10.1. The van der Waals surface area contributed by atoms with Gasteiger partial charge in [0.2, 0.25) is 0 Å². The lowest BCUT2D eigenvalue weighted by Gasteiger charge is -2.47. The predicted molar refractivity (Wildman–Crippen MR) is 116 cm³/mol. The van der Waals surface area contributed by atoms with Crippen LogP contribution in [0.15, 0.2) is 35.2 Å². The summed E-state index contributed by atoms with van der Waals surface area (Å²) in [6.07, 6.45) is -4.40. The standard InChI is InChI=1S/C21H19F3N4O2S2/c22-21(23,24)14-1-2-17-13(7-14)8-18(32-17)20(30)27-5-3-26(4-6-27)15-9-28(10-15)19(29)16-11-31-12-25-16/h1-2,7-8,11-12,15H,3-6,9-10H2. The number of rotatable bonds is 3. The average molecular weight is 481 g/mol. The number of amides is 2. The first-order chi connectivity index (χ1) is 15.3. The number of hydrogen-bond acceptors (Lipinski definition) is 6. The smallest absolute Gasteiger partial charge is 0.335 e. The molecule has 2 aliphatic heterocycles. The van der Waals surface area contributed by atoms with E-state index in [1.807, 2.05) is 0 Å². The van der Waals surface area contributed by atoms with Crippen LogP contribution in [0, 0.1) is 0 Å². The van der Waals surface area contributed by atoms with E-state index in [1.165, 1.54) is 28.7 Å². The van der Waals surface area contributed by atoms with Gasteiger partial charge in [-0.1, -0.05) is 0 Å². The second-order valence-electron chi connectivity index (χ2n) is 7.93. The highest BCUT2D eigenvalue weighted by Crippen LogP contribution is 2.34. The first kappa shape index (κ1) is 21.4. The summed E-state index contributed by atoms with van der Waals surface area (Å²) in [5, 5.41) is 2.18. The molecule has 0 bridgehead atoms. The molecule has 1 aromatic carbocycles. The number of likely N-dealkylation sites (tertiary alicyclic amines) is 1. The third-order valence-electron chi connectivity index (χ3n) is 5.97. The van der Waals surface area contributed by atoms with Crippen molar-refractivity contribution in [3.05, 3.63) is 51.3 Å². The first-order valence-corrected chi connectivity index (χ1v) is 11.9. The highest BCUT2D eigenvalue weighted by atomic mass is 32.1. The van der Waals surface area contributed by atoms with Gasteiger partial charge in [0.05, 0.1) is 16.0 Å². The molecule has 0 radical (unpaired) electrons. The average Bonchev–Trinajstić information content (AvgIpc) is 3.41. The Balaban J connectivity index is 1.17. The van der Waals surface area contributed by atoms with Gasteiger partial charge in [0.15, 0.2) is 0 Å². The van der Waals surface area contributed by atoms with Crippen LogP contribution < -0.4 is 0 Å². The number of thiazole rings is 1. The highest BCUT2D eigenvalue weighted by molar-refractivity contribution is 7.20. The van der Waals surface area contributed by atoms with E-state index in [2.05, 4.69) is 9.88 Å². The Kier molecular flexibility index (Phi) is 5.42. The Morgan fingerprint density at radius 1 is 1.00 bits per heavy atom. The molecule has 0 N–H and O–H groups in total. The summed E-state index contributed by atoms with van der Waals surface area (Å²) < 4.78 is 39.5. The summed E-state index contributed by atoms with van der Waals surface area (Å²) in [5.74, 6) is -0.192. The van der Waals surface area contributed by atoms with Crippen LogP contribution in [0.3, 0.4) is 0 Å². The SMILES string of the molecule is O=C(c1cscn1)N1CC(N2CCN(C(=O)c3cc4cc(C(F)(F)F)ccc4s3)CC2)C1. The van der Waals surface area contributed by atoms with Crippen molar-refractivity contribution in [2.24, 2.45) is 0 Å². The van der Waals surface area contributed by atoms with Gasteiger partial charge in [-0.15, -0.1) is 22.7 Å². The monoisotopic (exact) mass is 480 g/mol. The Hall–Kier alpha value is -2.50.